The minimum atomic E-state index is 0.0592. The monoisotopic (exact) mass is 362 g/mol. The summed E-state index contributed by atoms with van der Waals surface area (Å²) in [5, 5.41) is 6.61. The lowest BCUT2D eigenvalue weighted by Gasteiger charge is -2.47. The summed E-state index contributed by atoms with van der Waals surface area (Å²) in [6, 6.07) is 0.236. The molecule has 0 saturated heterocycles. The number of hydrogen-bond donors (Lipinski definition) is 2. The minimum Gasteiger partial charge on any atom is -0.355 e. The predicted octanol–water partition coefficient (Wildman–Crippen LogP) is 4.18. The fourth-order valence-corrected chi connectivity index (χ4v) is 6.01. The van der Waals surface area contributed by atoms with Gasteiger partial charge < -0.3 is 10.6 Å². The van der Waals surface area contributed by atoms with Crippen LogP contribution in [0.3, 0.4) is 0 Å². The molecule has 0 aromatic heterocycles. The fraction of sp³-hybridized carbons (Fsp3) is 0.909. The van der Waals surface area contributed by atoms with Crippen LogP contribution in [-0.2, 0) is 9.59 Å². The van der Waals surface area contributed by atoms with Gasteiger partial charge in [0.1, 0.15) is 0 Å². The van der Waals surface area contributed by atoms with E-state index in [0.717, 1.165) is 51.5 Å². The maximum absolute atomic E-state index is 12.6. The number of carbonyl (C=O) groups excluding carboxylic acids is 2. The molecule has 4 heteroatoms. The lowest BCUT2D eigenvalue weighted by atomic mass is 9.62. The molecular weight excluding hydrogens is 324 g/mol. The highest BCUT2D eigenvalue weighted by Gasteiger charge is 2.42. The summed E-state index contributed by atoms with van der Waals surface area (Å²) in [6.45, 7) is 7.63. The number of nitrogens with one attached hydrogen (secondary N) is 2. The Balaban J connectivity index is 1.56. The molecule has 3 fully saturated rings. The van der Waals surface area contributed by atoms with Crippen LogP contribution in [0.25, 0.3) is 0 Å². The third-order valence-electron chi connectivity index (χ3n) is 6.93. The van der Waals surface area contributed by atoms with Crippen LogP contribution in [-0.4, -0.2) is 24.4 Å². The summed E-state index contributed by atoms with van der Waals surface area (Å²) in [4.78, 5) is 25.0. The Morgan fingerprint density at radius 1 is 0.846 bits per heavy atom. The van der Waals surface area contributed by atoms with Crippen molar-refractivity contribution in [2.24, 2.45) is 22.7 Å². The first kappa shape index (κ1) is 19.7. The molecule has 0 aliphatic heterocycles. The Kier molecular flexibility index (Phi) is 5.98. The maximum atomic E-state index is 12.6. The summed E-state index contributed by atoms with van der Waals surface area (Å²) < 4.78 is 0. The molecule has 4 nitrogen and oxygen atoms in total. The summed E-state index contributed by atoms with van der Waals surface area (Å²) in [7, 11) is 0. The van der Waals surface area contributed by atoms with E-state index in [1.165, 1.54) is 25.7 Å². The van der Waals surface area contributed by atoms with E-state index < -0.39 is 0 Å². The molecule has 2 N–H and O–H groups in total. The zero-order valence-corrected chi connectivity index (χ0v) is 17.0. The molecule has 3 rings (SSSR count). The van der Waals surface area contributed by atoms with Crippen LogP contribution in [0, 0.1) is 22.7 Å². The molecule has 2 atom stereocenters. The molecule has 148 valence electrons. The highest BCUT2D eigenvalue weighted by Crippen LogP contribution is 2.46. The van der Waals surface area contributed by atoms with E-state index in [9.17, 15) is 9.59 Å². The van der Waals surface area contributed by atoms with Crippen LogP contribution in [0.15, 0.2) is 0 Å². The molecule has 0 unspecified atom stereocenters. The second-order valence-corrected chi connectivity index (χ2v) is 10.4. The zero-order valence-electron chi connectivity index (χ0n) is 17.0. The Bertz CT molecular complexity index is 518. The van der Waals surface area contributed by atoms with Crippen LogP contribution in [0.5, 0.6) is 0 Å². The van der Waals surface area contributed by atoms with Crippen molar-refractivity contribution >= 4 is 11.8 Å². The topological polar surface area (TPSA) is 58.2 Å². The lowest BCUT2D eigenvalue weighted by molar-refractivity contribution is -0.128. The second-order valence-electron chi connectivity index (χ2n) is 10.4. The molecule has 2 amide bonds. The van der Waals surface area contributed by atoms with Gasteiger partial charge >= 0.3 is 0 Å². The van der Waals surface area contributed by atoms with Gasteiger partial charge in [-0.2, -0.15) is 0 Å². The van der Waals surface area contributed by atoms with Crippen LogP contribution >= 0.6 is 0 Å². The zero-order chi connectivity index (χ0) is 18.8. The minimum absolute atomic E-state index is 0.0592. The Morgan fingerprint density at radius 3 is 1.96 bits per heavy atom. The molecule has 3 aliphatic carbocycles. The van der Waals surface area contributed by atoms with Crippen molar-refractivity contribution in [3.8, 4) is 0 Å². The molecule has 0 aromatic rings. The van der Waals surface area contributed by atoms with Crippen molar-refractivity contribution in [3.05, 3.63) is 0 Å². The molecule has 0 heterocycles. The first-order valence-electron chi connectivity index (χ1n) is 10.8. The van der Waals surface area contributed by atoms with E-state index in [0.29, 0.717) is 0 Å². The van der Waals surface area contributed by atoms with E-state index in [1.807, 2.05) is 0 Å². The normalized spacial score (nSPS) is 32.5. The van der Waals surface area contributed by atoms with E-state index in [1.54, 1.807) is 0 Å². The van der Waals surface area contributed by atoms with Gasteiger partial charge in [0.05, 0.1) is 0 Å². The Labute approximate surface area is 159 Å². The summed E-state index contributed by atoms with van der Waals surface area (Å²) >= 11 is 0. The number of carbonyl (C=O) groups is 2. The summed E-state index contributed by atoms with van der Waals surface area (Å²) in [6.07, 6.45) is 12.1. The van der Waals surface area contributed by atoms with Gasteiger partial charge in [-0.3, -0.25) is 9.59 Å². The first-order chi connectivity index (χ1) is 12.3. The quantitative estimate of drug-likeness (QED) is 0.770. The third kappa shape index (κ3) is 5.01. The molecular formula is C22H38N2O2. The first-order valence-corrected chi connectivity index (χ1v) is 10.8. The largest absolute Gasteiger partial charge is 0.355 e. The van der Waals surface area contributed by atoms with Gasteiger partial charge in [-0.25, -0.2) is 0 Å². The molecule has 26 heavy (non-hydrogen) atoms. The smallest absolute Gasteiger partial charge is 0.223 e. The van der Waals surface area contributed by atoms with Crippen LogP contribution in [0.4, 0.5) is 0 Å². The van der Waals surface area contributed by atoms with Crippen LogP contribution in [0.1, 0.15) is 91.4 Å². The van der Waals surface area contributed by atoms with Gasteiger partial charge in [-0.15, -0.1) is 0 Å². The van der Waals surface area contributed by atoms with Gasteiger partial charge in [-0.05, 0) is 55.8 Å². The van der Waals surface area contributed by atoms with Gasteiger partial charge in [0.25, 0.3) is 0 Å². The highest BCUT2D eigenvalue weighted by atomic mass is 16.2. The van der Waals surface area contributed by atoms with E-state index >= 15 is 0 Å². The predicted molar refractivity (Wildman–Crippen MR) is 105 cm³/mol. The second kappa shape index (κ2) is 7.90. The molecule has 3 aliphatic rings. The van der Waals surface area contributed by atoms with Crippen molar-refractivity contribution in [3.63, 3.8) is 0 Å². The average Bonchev–Trinajstić information content (AvgIpc) is 3.23. The third-order valence-corrected chi connectivity index (χ3v) is 6.93. The van der Waals surface area contributed by atoms with Crippen molar-refractivity contribution in [1.29, 1.82) is 0 Å². The van der Waals surface area contributed by atoms with Crippen molar-refractivity contribution in [2.75, 3.05) is 6.54 Å². The lowest BCUT2D eigenvalue weighted by Crippen LogP contribution is -2.51. The molecule has 0 aromatic carbocycles. The highest BCUT2D eigenvalue weighted by molar-refractivity contribution is 5.79. The van der Waals surface area contributed by atoms with Crippen molar-refractivity contribution in [2.45, 2.75) is 97.4 Å². The molecule has 0 bridgehead atoms. The van der Waals surface area contributed by atoms with E-state index in [2.05, 4.69) is 31.4 Å². The SMILES string of the molecule is CC1(C)C[C@@H](NC(=O)C2CCCC2)C[C@@](C)(CNC(=O)C2CCCC2)C1. The fourth-order valence-electron chi connectivity index (χ4n) is 6.01. The number of amides is 2. The summed E-state index contributed by atoms with van der Waals surface area (Å²) in [5.74, 6) is 0.975. The average molecular weight is 363 g/mol. The Morgan fingerprint density at radius 2 is 1.38 bits per heavy atom. The van der Waals surface area contributed by atoms with Gasteiger partial charge in [0, 0.05) is 24.4 Å². The number of hydrogen-bond acceptors (Lipinski definition) is 2. The van der Waals surface area contributed by atoms with Gasteiger partial charge in [-0.1, -0.05) is 46.5 Å². The van der Waals surface area contributed by atoms with E-state index in [-0.39, 0.29) is 40.5 Å². The van der Waals surface area contributed by atoms with Crippen LogP contribution in [0.2, 0.25) is 0 Å². The van der Waals surface area contributed by atoms with Crippen molar-refractivity contribution < 1.29 is 9.59 Å². The van der Waals surface area contributed by atoms with Gasteiger partial charge in [0.2, 0.25) is 11.8 Å². The van der Waals surface area contributed by atoms with Gasteiger partial charge in [0.15, 0.2) is 0 Å². The maximum Gasteiger partial charge on any atom is 0.223 e. The van der Waals surface area contributed by atoms with Crippen LogP contribution < -0.4 is 10.6 Å². The number of rotatable bonds is 5. The van der Waals surface area contributed by atoms with E-state index in [4.69, 9.17) is 0 Å². The molecule has 0 radical (unpaired) electrons. The van der Waals surface area contributed by atoms with Crippen molar-refractivity contribution in [1.82, 2.24) is 10.6 Å². The standard InChI is InChI=1S/C22H38N2O2/c1-21(2)12-18(24-20(26)17-10-6-7-11-17)13-22(3,14-21)15-23-19(25)16-8-4-5-9-16/h16-18H,4-15H2,1-3H3,(H,23,25)(H,24,26)/t18-,22-/m1/s1. The molecule has 3 saturated carbocycles. The Hall–Kier alpha value is -1.06. The molecule has 0 spiro atoms. The summed E-state index contributed by atoms with van der Waals surface area (Å²) in [5.41, 5.74) is 0.252.